The van der Waals surface area contributed by atoms with E-state index in [1.807, 2.05) is 61.5 Å². The zero-order chi connectivity index (χ0) is 17.4. The summed E-state index contributed by atoms with van der Waals surface area (Å²) in [6.45, 7) is 2.32. The first-order valence-electron chi connectivity index (χ1n) is 7.89. The Morgan fingerprint density at radius 1 is 1.04 bits per heavy atom. The first-order valence-corrected chi connectivity index (χ1v) is 8.68. The second kappa shape index (κ2) is 6.29. The highest BCUT2D eigenvalue weighted by Gasteiger charge is 2.15. The summed E-state index contributed by atoms with van der Waals surface area (Å²) >= 11 is 3.42. The van der Waals surface area contributed by atoms with Gasteiger partial charge in [-0.15, -0.1) is 0 Å². The molecule has 5 nitrogen and oxygen atoms in total. The standard InChI is InChI=1S/C19H15BrN4O/c1-13-17-11-21-24(16-5-3-2-4-6-16)18(17)19(25)23(22-13)12-14-7-9-15(20)10-8-14/h2-11H,12H2,1H3. The Kier molecular flexibility index (Phi) is 3.97. The van der Waals surface area contributed by atoms with Crippen molar-refractivity contribution in [1.82, 2.24) is 19.6 Å². The lowest BCUT2D eigenvalue weighted by molar-refractivity contribution is 0.634. The van der Waals surface area contributed by atoms with Gasteiger partial charge in [0.1, 0.15) is 5.52 Å². The maximum Gasteiger partial charge on any atom is 0.293 e. The smallest absolute Gasteiger partial charge is 0.265 e. The van der Waals surface area contributed by atoms with Gasteiger partial charge in [0.15, 0.2) is 0 Å². The molecule has 0 N–H and O–H groups in total. The Morgan fingerprint density at radius 2 is 1.76 bits per heavy atom. The number of fused-ring (bicyclic) bond motifs is 1. The average Bonchev–Trinajstić information content (AvgIpc) is 3.08. The molecule has 0 aliphatic heterocycles. The number of rotatable bonds is 3. The zero-order valence-corrected chi connectivity index (χ0v) is 15.1. The van der Waals surface area contributed by atoms with Crippen LogP contribution in [0.1, 0.15) is 11.3 Å². The number of hydrogen-bond acceptors (Lipinski definition) is 3. The SMILES string of the molecule is Cc1nn(Cc2ccc(Br)cc2)c(=O)c2c1cnn2-c1ccccc1. The molecule has 0 radical (unpaired) electrons. The van der Waals surface area contributed by atoms with Crippen molar-refractivity contribution in [3.63, 3.8) is 0 Å². The molecule has 0 saturated heterocycles. The quantitative estimate of drug-likeness (QED) is 0.532. The molecular weight excluding hydrogens is 380 g/mol. The van der Waals surface area contributed by atoms with Crippen LogP contribution in [0.5, 0.6) is 0 Å². The van der Waals surface area contributed by atoms with E-state index in [1.165, 1.54) is 4.68 Å². The van der Waals surface area contributed by atoms with Crippen molar-refractivity contribution in [3.8, 4) is 5.69 Å². The Morgan fingerprint density at radius 3 is 2.48 bits per heavy atom. The largest absolute Gasteiger partial charge is 0.293 e. The summed E-state index contributed by atoms with van der Waals surface area (Å²) in [5, 5.41) is 9.65. The van der Waals surface area contributed by atoms with Gasteiger partial charge >= 0.3 is 0 Å². The highest BCUT2D eigenvalue weighted by atomic mass is 79.9. The molecule has 6 heteroatoms. The molecule has 2 aromatic carbocycles. The minimum atomic E-state index is -0.148. The summed E-state index contributed by atoms with van der Waals surface area (Å²) in [5.74, 6) is 0. The van der Waals surface area contributed by atoms with Crippen molar-refractivity contribution in [2.75, 3.05) is 0 Å². The Labute approximate surface area is 152 Å². The molecule has 0 spiro atoms. The van der Waals surface area contributed by atoms with Gasteiger partial charge in [0, 0.05) is 9.86 Å². The Hall–Kier alpha value is -2.73. The van der Waals surface area contributed by atoms with E-state index < -0.39 is 0 Å². The third kappa shape index (κ3) is 2.89. The van der Waals surface area contributed by atoms with Crippen LogP contribution >= 0.6 is 15.9 Å². The molecule has 0 aliphatic rings. The van der Waals surface area contributed by atoms with E-state index in [4.69, 9.17) is 0 Å². The summed E-state index contributed by atoms with van der Waals surface area (Å²) in [6, 6.07) is 17.5. The summed E-state index contributed by atoms with van der Waals surface area (Å²) in [5.41, 5.74) is 3.06. The molecule has 0 saturated carbocycles. The highest BCUT2D eigenvalue weighted by molar-refractivity contribution is 9.10. The lowest BCUT2D eigenvalue weighted by Crippen LogP contribution is -2.26. The van der Waals surface area contributed by atoms with Crippen molar-refractivity contribution in [2.24, 2.45) is 0 Å². The fourth-order valence-corrected chi connectivity index (χ4v) is 3.12. The van der Waals surface area contributed by atoms with Crippen LogP contribution in [-0.4, -0.2) is 19.6 Å². The number of aryl methyl sites for hydroxylation is 1. The third-order valence-corrected chi connectivity index (χ3v) is 4.64. The van der Waals surface area contributed by atoms with Gasteiger partial charge in [-0.05, 0) is 36.8 Å². The monoisotopic (exact) mass is 394 g/mol. The van der Waals surface area contributed by atoms with Crippen LogP contribution in [0.25, 0.3) is 16.6 Å². The van der Waals surface area contributed by atoms with Gasteiger partial charge in [0.05, 0.1) is 24.1 Å². The van der Waals surface area contributed by atoms with Crippen LogP contribution in [0, 0.1) is 6.92 Å². The summed E-state index contributed by atoms with van der Waals surface area (Å²) in [4.78, 5) is 13.0. The summed E-state index contributed by atoms with van der Waals surface area (Å²) in [7, 11) is 0. The van der Waals surface area contributed by atoms with Gasteiger partial charge in [-0.1, -0.05) is 46.3 Å². The number of benzene rings is 2. The number of halogens is 1. The van der Waals surface area contributed by atoms with Crippen LogP contribution in [0.3, 0.4) is 0 Å². The summed E-state index contributed by atoms with van der Waals surface area (Å²) < 4.78 is 4.19. The second-order valence-electron chi connectivity index (χ2n) is 5.83. The second-order valence-corrected chi connectivity index (χ2v) is 6.74. The van der Waals surface area contributed by atoms with Gasteiger partial charge < -0.3 is 0 Å². The topological polar surface area (TPSA) is 52.7 Å². The van der Waals surface area contributed by atoms with E-state index in [2.05, 4.69) is 26.1 Å². The van der Waals surface area contributed by atoms with E-state index in [0.717, 1.165) is 26.8 Å². The Bertz CT molecular complexity index is 1100. The van der Waals surface area contributed by atoms with E-state index in [-0.39, 0.29) is 5.56 Å². The number of para-hydroxylation sites is 1. The zero-order valence-electron chi connectivity index (χ0n) is 13.6. The molecule has 2 aromatic heterocycles. The van der Waals surface area contributed by atoms with Gasteiger partial charge in [-0.3, -0.25) is 4.79 Å². The van der Waals surface area contributed by atoms with Crippen LogP contribution in [0.4, 0.5) is 0 Å². The lowest BCUT2D eigenvalue weighted by Gasteiger charge is -2.09. The molecule has 0 unspecified atom stereocenters. The molecule has 0 aliphatic carbocycles. The van der Waals surface area contributed by atoms with Crippen molar-refractivity contribution < 1.29 is 0 Å². The van der Waals surface area contributed by atoms with Gasteiger partial charge in [-0.25, -0.2) is 9.36 Å². The van der Waals surface area contributed by atoms with Crippen LogP contribution in [0.2, 0.25) is 0 Å². The minimum Gasteiger partial charge on any atom is -0.265 e. The van der Waals surface area contributed by atoms with Crippen molar-refractivity contribution in [3.05, 3.63) is 86.9 Å². The predicted molar refractivity (Wildman–Crippen MR) is 101 cm³/mol. The molecule has 25 heavy (non-hydrogen) atoms. The highest BCUT2D eigenvalue weighted by Crippen LogP contribution is 2.17. The molecule has 0 atom stereocenters. The van der Waals surface area contributed by atoms with Gasteiger partial charge in [-0.2, -0.15) is 10.2 Å². The number of nitrogens with zero attached hydrogens (tertiary/aromatic N) is 4. The van der Waals surface area contributed by atoms with Crippen molar-refractivity contribution >= 4 is 26.8 Å². The molecule has 4 aromatic rings. The normalized spacial score (nSPS) is 11.1. The predicted octanol–water partition coefficient (Wildman–Crippen LogP) is 3.70. The molecule has 124 valence electrons. The van der Waals surface area contributed by atoms with Crippen molar-refractivity contribution in [1.29, 1.82) is 0 Å². The average molecular weight is 395 g/mol. The molecule has 2 heterocycles. The lowest BCUT2D eigenvalue weighted by atomic mass is 10.2. The Balaban J connectivity index is 1.88. The van der Waals surface area contributed by atoms with E-state index in [1.54, 1.807) is 10.9 Å². The van der Waals surface area contributed by atoms with Crippen LogP contribution in [0.15, 0.2) is 70.1 Å². The maximum absolute atomic E-state index is 13.0. The fourth-order valence-electron chi connectivity index (χ4n) is 2.86. The van der Waals surface area contributed by atoms with E-state index in [0.29, 0.717) is 12.1 Å². The van der Waals surface area contributed by atoms with E-state index >= 15 is 0 Å². The first kappa shape index (κ1) is 15.8. The van der Waals surface area contributed by atoms with E-state index in [9.17, 15) is 4.79 Å². The van der Waals surface area contributed by atoms with Gasteiger partial charge in [0.25, 0.3) is 5.56 Å². The molecule has 0 fully saturated rings. The molecule has 4 rings (SSSR count). The number of hydrogen-bond donors (Lipinski definition) is 0. The fraction of sp³-hybridized carbons (Fsp3) is 0.105. The van der Waals surface area contributed by atoms with Crippen LogP contribution in [-0.2, 0) is 6.54 Å². The molecule has 0 amide bonds. The summed E-state index contributed by atoms with van der Waals surface area (Å²) in [6.07, 6.45) is 1.70. The first-order chi connectivity index (χ1) is 12.1. The third-order valence-electron chi connectivity index (χ3n) is 4.11. The minimum absolute atomic E-state index is 0.148. The number of aromatic nitrogens is 4. The molecule has 0 bridgehead atoms. The molecular formula is C19H15BrN4O. The van der Waals surface area contributed by atoms with Crippen LogP contribution < -0.4 is 5.56 Å². The van der Waals surface area contributed by atoms with Crippen molar-refractivity contribution in [2.45, 2.75) is 13.5 Å². The maximum atomic E-state index is 13.0. The van der Waals surface area contributed by atoms with Gasteiger partial charge in [0.2, 0.25) is 0 Å².